The molecule has 2 rings (SSSR count). The Morgan fingerprint density at radius 3 is 3.12 bits per heavy atom. The Bertz CT molecular complexity index is 424. The summed E-state index contributed by atoms with van der Waals surface area (Å²) in [6, 6.07) is 5.67. The quantitative estimate of drug-likeness (QED) is 0.817. The van der Waals surface area contributed by atoms with Gasteiger partial charge in [0.2, 0.25) is 0 Å². The molecular formula is C14H18FNS. The van der Waals surface area contributed by atoms with Crippen LogP contribution in [0.25, 0.3) is 0 Å². The van der Waals surface area contributed by atoms with Gasteiger partial charge in [-0.1, -0.05) is 23.8 Å². The number of allylic oxidation sites excluding steroid dienone is 1. The maximum Gasteiger partial charge on any atom is 0.137 e. The summed E-state index contributed by atoms with van der Waals surface area (Å²) in [6.45, 7) is 5.03. The number of rotatable bonds is 3. The molecule has 0 aromatic heterocycles. The summed E-state index contributed by atoms with van der Waals surface area (Å²) in [6.07, 6.45) is 3.23. The first-order valence-corrected chi connectivity index (χ1v) is 6.95. The van der Waals surface area contributed by atoms with Crippen molar-refractivity contribution in [2.75, 3.05) is 12.3 Å². The van der Waals surface area contributed by atoms with Crippen molar-refractivity contribution in [2.24, 2.45) is 0 Å². The fourth-order valence-electron chi connectivity index (χ4n) is 2.00. The minimum Gasteiger partial charge on any atom is -0.306 e. The van der Waals surface area contributed by atoms with Gasteiger partial charge in [0, 0.05) is 17.5 Å². The average molecular weight is 251 g/mol. The first-order chi connectivity index (χ1) is 8.18. The van der Waals surface area contributed by atoms with Crippen molar-refractivity contribution in [2.45, 2.75) is 31.2 Å². The Kier molecular flexibility index (Phi) is 4.24. The Morgan fingerprint density at radius 2 is 2.35 bits per heavy atom. The molecule has 1 unspecified atom stereocenters. The summed E-state index contributed by atoms with van der Waals surface area (Å²) < 4.78 is 13.6. The van der Waals surface area contributed by atoms with Gasteiger partial charge in [-0.2, -0.15) is 0 Å². The van der Waals surface area contributed by atoms with Gasteiger partial charge in [-0.05, 0) is 37.7 Å². The zero-order valence-corrected chi connectivity index (χ0v) is 11.1. The molecule has 1 atom stereocenters. The lowest BCUT2D eigenvalue weighted by molar-refractivity contribution is 0.520. The van der Waals surface area contributed by atoms with Gasteiger partial charge < -0.3 is 5.32 Å². The number of nitrogens with one attached hydrogen (secondary N) is 1. The predicted octanol–water partition coefficient (Wildman–Crippen LogP) is 3.92. The van der Waals surface area contributed by atoms with E-state index >= 15 is 0 Å². The molecule has 1 aliphatic heterocycles. The van der Waals surface area contributed by atoms with Gasteiger partial charge in [-0.25, -0.2) is 4.39 Å². The molecule has 0 saturated carbocycles. The van der Waals surface area contributed by atoms with Crippen molar-refractivity contribution in [1.82, 2.24) is 5.32 Å². The number of fused-ring (bicyclic) bond motifs is 1. The van der Waals surface area contributed by atoms with Crippen molar-refractivity contribution in [3.8, 4) is 0 Å². The molecular weight excluding hydrogens is 233 g/mol. The molecule has 0 fully saturated rings. The highest BCUT2D eigenvalue weighted by atomic mass is 32.2. The molecule has 1 heterocycles. The molecule has 1 nitrogen and oxygen atoms in total. The second-order valence-electron chi connectivity index (χ2n) is 4.54. The lowest BCUT2D eigenvalue weighted by atomic mass is 10.0. The predicted molar refractivity (Wildman–Crippen MR) is 71.9 cm³/mol. The zero-order valence-electron chi connectivity index (χ0n) is 10.3. The highest BCUT2D eigenvalue weighted by Crippen LogP contribution is 2.37. The standard InChI is InChI=1S/C14H18FNS/c1-10(2)6-8-16-13-7-9-17-14-11(13)4-3-5-12(14)15/h3-6,13,16H,7-9H2,1-2H3. The Balaban J connectivity index is 2.12. The second kappa shape index (κ2) is 5.69. The molecule has 1 aromatic carbocycles. The van der Waals surface area contributed by atoms with Crippen LogP contribution in [0.2, 0.25) is 0 Å². The van der Waals surface area contributed by atoms with E-state index in [-0.39, 0.29) is 11.9 Å². The van der Waals surface area contributed by atoms with Crippen LogP contribution in [0, 0.1) is 5.82 Å². The number of halogens is 1. The summed E-state index contributed by atoms with van der Waals surface area (Å²) in [4.78, 5) is 0.827. The molecule has 1 N–H and O–H groups in total. The van der Waals surface area contributed by atoms with E-state index in [2.05, 4.69) is 25.2 Å². The van der Waals surface area contributed by atoms with Crippen LogP contribution in [0.3, 0.4) is 0 Å². The van der Waals surface area contributed by atoms with E-state index in [1.54, 1.807) is 23.9 Å². The van der Waals surface area contributed by atoms with Crippen LogP contribution in [0.5, 0.6) is 0 Å². The van der Waals surface area contributed by atoms with Gasteiger partial charge in [0.15, 0.2) is 0 Å². The summed E-state index contributed by atoms with van der Waals surface area (Å²) in [5, 5.41) is 3.48. The zero-order chi connectivity index (χ0) is 12.3. The Hall–Kier alpha value is -0.800. The Labute approximate surface area is 106 Å². The minimum atomic E-state index is -0.0822. The topological polar surface area (TPSA) is 12.0 Å². The van der Waals surface area contributed by atoms with E-state index < -0.39 is 0 Å². The molecule has 0 amide bonds. The van der Waals surface area contributed by atoms with Crippen LogP contribution >= 0.6 is 11.8 Å². The molecule has 3 heteroatoms. The van der Waals surface area contributed by atoms with Crippen LogP contribution in [0.4, 0.5) is 4.39 Å². The van der Waals surface area contributed by atoms with Crippen LogP contribution < -0.4 is 5.32 Å². The van der Waals surface area contributed by atoms with Gasteiger partial charge in [-0.3, -0.25) is 0 Å². The molecule has 92 valence electrons. The number of thioether (sulfide) groups is 1. The molecule has 0 saturated heterocycles. The normalized spacial score (nSPS) is 18.6. The molecule has 17 heavy (non-hydrogen) atoms. The van der Waals surface area contributed by atoms with Crippen LogP contribution in [0.1, 0.15) is 31.9 Å². The van der Waals surface area contributed by atoms with Gasteiger partial charge in [0.25, 0.3) is 0 Å². The van der Waals surface area contributed by atoms with Crippen molar-refractivity contribution in [1.29, 1.82) is 0 Å². The van der Waals surface area contributed by atoms with E-state index in [1.807, 2.05) is 6.07 Å². The van der Waals surface area contributed by atoms with Crippen LogP contribution in [0.15, 0.2) is 34.7 Å². The minimum absolute atomic E-state index is 0.0822. The monoisotopic (exact) mass is 251 g/mol. The number of benzene rings is 1. The summed E-state index contributed by atoms with van der Waals surface area (Å²) in [5.41, 5.74) is 2.42. The fourth-order valence-corrected chi connectivity index (χ4v) is 3.14. The van der Waals surface area contributed by atoms with E-state index in [4.69, 9.17) is 0 Å². The van der Waals surface area contributed by atoms with Crippen molar-refractivity contribution >= 4 is 11.8 Å². The number of hydrogen-bond acceptors (Lipinski definition) is 2. The second-order valence-corrected chi connectivity index (χ2v) is 5.64. The molecule has 0 radical (unpaired) electrons. The third-order valence-electron chi connectivity index (χ3n) is 2.90. The molecule has 0 spiro atoms. The molecule has 1 aromatic rings. The summed E-state index contributed by atoms with van der Waals surface area (Å²) in [5.74, 6) is 0.904. The molecule has 0 aliphatic carbocycles. The maximum atomic E-state index is 13.6. The van der Waals surface area contributed by atoms with E-state index in [0.29, 0.717) is 0 Å². The SMILES string of the molecule is CC(C)=CCNC1CCSc2c(F)cccc21. The summed E-state index contributed by atoms with van der Waals surface area (Å²) >= 11 is 1.63. The smallest absolute Gasteiger partial charge is 0.137 e. The first kappa shape index (κ1) is 12.7. The van der Waals surface area contributed by atoms with Crippen molar-refractivity contribution in [3.63, 3.8) is 0 Å². The third-order valence-corrected chi connectivity index (χ3v) is 4.06. The lowest BCUT2D eigenvalue weighted by Gasteiger charge is -2.25. The first-order valence-electron chi connectivity index (χ1n) is 5.96. The average Bonchev–Trinajstić information content (AvgIpc) is 2.30. The van der Waals surface area contributed by atoms with Gasteiger partial charge in [-0.15, -0.1) is 11.8 Å². The highest BCUT2D eigenvalue weighted by molar-refractivity contribution is 7.99. The third kappa shape index (κ3) is 3.11. The van der Waals surface area contributed by atoms with E-state index in [9.17, 15) is 4.39 Å². The van der Waals surface area contributed by atoms with Crippen molar-refractivity contribution in [3.05, 3.63) is 41.2 Å². The van der Waals surface area contributed by atoms with Gasteiger partial charge in [0.1, 0.15) is 5.82 Å². The fraction of sp³-hybridized carbons (Fsp3) is 0.429. The molecule has 0 bridgehead atoms. The Morgan fingerprint density at radius 1 is 1.53 bits per heavy atom. The number of hydrogen-bond donors (Lipinski definition) is 1. The van der Waals surface area contributed by atoms with E-state index in [0.717, 1.165) is 29.2 Å². The van der Waals surface area contributed by atoms with Gasteiger partial charge >= 0.3 is 0 Å². The van der Waals surface area contributed by atoms with Crippen molar-refractivity contribution < 1.29 is 4.39 Å². The largest absolute Gasteiger partial charge is 0.306 e. The molecule has 1 aliphatic rings. The summed E-state index contributed by atoms with van der Waals surface area (Å²) in [7, 11) is 0. The highest BCUT2D eigenvalue weighted by Gasteiger charge is 2.22. The van der Waals surface area contributed by atoms with Crippen LogP contribution in [-0.4, -0.2) is 12.3 Å². The lowest BCUT2D eigenvalue weighted by Crippen LogP contribution is -2.25. The van der Waals surface area contributed by atoms with E-state index in [1.165, 1.54) is 5.57 Å². The van der Waals surface area contributed by atoms with Crippen LogP contribution in [-0.2, 0) is 0 Å². The van der Waals surface area contributed by atoms with Gasteiger partial charge in [0.05, 0.1) is 0 Å². The maximum absolute atomic E-state index is 13.6.